The van der Waals surface area contributed by atoms with Crippen molar-refractivity contribution in [2.45, 2.75) is 63.8 Å². The minimum atomic E-state index is -5.17. The summed E-state index contributed by atoms with van der Waals surface area (Å²) in [4.78, 5) is 33.7. The van der Waals surface area contributed by atoms with Crippen LogP contribution in [0.5, 0.6) is 5.75 Å². The minimum Gasteiger partial charge on any atom is -0.490 e. The summed E-state index contributed by atoms with van der Waals surface area (Å²) in [5.41, 5.74) is -5.07. The second kappa shape index (κ2) is 14.1. The van der Waals surface area contributed by atoms with Gasteiger partial charge in [-0.1, -0.05) is 6.92 Å². The van der Waals surface area contributed by atoms with Crippen LogP contribution < -0.4 is 14.5 Å². The molecule has 9 nitrogen and oxygen atoms in total. The van der Waals surface area contributed by atoms with E-state index in [1.54, 1.807) is 6.92 Å². The number of cyclic esters (lactones) is 1. The number of nitrogens with zero attached hydrogens (tertiary/aromatic N) is 4. The fourth-order valence-corrected chi connectivity index (χ4v) is 4.87. The molecule has 260 valence electrons. The van der Waals surface area contributed by atoms with E-state index >= 15 is 0 Å². The van der Waals surface area contributed by atoms with Crippen molar-refractivity contribution in [3.63, 3.8) is 0 Å². The zero-order chi connectivity index (χ0) is 35.4. The van der Waals surface area contributed by atoms with Gasteiger partial charge in [-0.25, -0.2) is 14.8 Å². The number of anilines is 2. The average Bonchev–Trinajstić information content (AvgIpc) is 3.37. The summed E-state index contributed by atoms with van der Waals surface area (Å²) in [6, 6.07) is 2.79. The van der Waals surface area contributed by atoms with Crippen LogP contribution in [0, 0.1) is 0 Å². The van der Waals surface area contributed by atoms with E-state index in [2.05, 4.69) is 9.97 Å². The number of ether oxygens (including phenoxy) is 2. The van der Waals surface area contributed by atoms with Gasteiger partial charge in [0, 0.05) is 19.5 Å². The van der Waals surface area contributed by atoms with Gasteiger partial charge < -0.3 is 19.5 Å². The highest BCUT2D eigenvalue weighted by Gasteiger charge is 2.39. The molecule has 1 fully saturated rings. The zero-order valence-electron chi connectivity index (χ0n) is 24.9. The number of hydrogen-bond acceptors (Lipinski definition) is 7. The van der Waals surface area contributed by atoms with Crippen LogP contribution in [-0.4, -0.2) is 46.4 Å². The Hall–Kier alpha value is -4.77. The molecule has 2 aromatic carbocycles. The molecule has 1 aromatic heterocycles. The Morgan fingerprint density at radius 1 is 0.938 bits per heavy atom. The number of halogens is 9. The van der Waals surface area contributed by atoms with Crippen molar-refractivity contribution >= 4 is 23.7 Å². The Morgan fingerprint density at radius 2 is 1.54 bits per heavy atom. The third-order valence-corrected chi connectivity index (χ3v) is 7.18. The summed E-state index contributed by atoms with van der Waals surface area (Å²) in [7, 11) is 0. The smallest absolute Gasteiger partial charge is 0.416 e. The lowest BCUT2D eigenvalue weighted by Gasteiger charge is -2.28. The lowest BCUT2D eigenvalue weighted by molar-refractivity contribution is -0.143. The van der Waals surface area contributed by atoms with E-state index in [1.165, 1.54) is 0 Å². The highest BCUT2D eigenvalue weighted by Crippen LogP contribution is 2.39. The Morgan fingerprint density at radius 3 is 2.08 bits per heavy atom. The van der Waals surface area contributed by atoms with Crippen LogP contribution in [0.1, 0.15) is 54.0 Å². The molecule has 1 saturated heterocycles. The van der Waals surface area contributed by atoms with Gasteiger partial charge in [-0.05, 0) is 60.4 Å². The third kappa shape index (κ3) is 8.97. The first-order valence-electron chi connectivity index (χ1n) is 14.2. The number of carbonyl (C=O) groups excluding carboxylic acids is 1. The Kier molecular flexibility index (Phi) is 10.6. The number of alkyl halides is 9. The fourth-order valence-electron chi connectivity index (χ4n) is 4.87. The quantitative estimate of drug-likeness (QED) is 0.152. The molecule has 0 saturated carbocycles. The number of amides is 1. The predicted molar refractivity (Wildman–Crippen MR) is 150 cm³/mol. The first-order chi connectivity index (χ1) is 22.4. The largest absolute Gasteiger partial charge is 0.490 e. The number of carboxylic acids is 1. The number of carboxylic acid groups (broad SMARTS) is 1. The van der Waals surface area contributed by atoms with Gasteiger partial charge in [0.1, 0.15) is 6.61 Å². The number of carbonyl (C=O) groups is 2. The van der Waals surface area contributed by atoms with Gasteiger partial charge in [0.15, 0.2) is 5.75 Å². The van der Waals surface area contributed by atoms with Gasteiger partial charge in [-0.2, -0.15) is 39.5 Å². The Labute approximate surface area is 266 Å². The van der Waals surface area contributed by atoms with Crippen LogP contribution in [0.15, 0.2) is 48.8 Å². The molecule has 0 bridgehead atoms. The van der Waals surface area contributed by atoms with Crippen molar-refractivity contribution in [3.8, 4) is 5.75 Å². The maximum Gasteiger partial charge on any atom is 0.416 e. The molecule has 18 heteroatoms. The second-order valence-corrected chi connectivity index (χ2v) is 10.7. The lowest BCUT2D eigenvalue weighted by Crippen LogP contribution is -2.35. The maximum absolute atomic E-state index is 13.8. The molecular weight excluding hydrogens is 667 g/mol. The molecule has 2 heterocycles. The molecule has 0 unspecified atom stereocenters. The summed E-state index contributed by atoms with van der Waals surface area (Å²) in [6.45, 7) is 0.224. The van der Waals surface area contributed by atoms with Gasteiger partial charge in [-0.15, -0.1) is 0 Å². The predicted octanol–water partition coefficient (Wildman–Crippen LogP) is 7.72. The van der Waals surface area contributed by atoms with Crippen molar-refractivity contribution in [1.82, 2.24) is 9.97 Å². The molecule has 0 radical (unpaired) electrons. The fraction of sp³-hybridized carbons (Fsp3) is 0.400. The van der Waals surface area contributed by atoms with Crippen LogP contribution in [0.3, 0.4) is 0 Å². The lowest BCUT2D eigenvalue weighted by atomic mass is 10.0. The monoisotopic (exact) mass is 694 g/mol. The van der Waals surface area contributed by atoms with Crippen LogP contribution >= 0.6 is 0 Å². The number of benzene rings is 2. The number of hydrogen-bond donors (Lipinski definition) is 1. The van der Waals surface area contributed by atoms with E-state index in [9.17, 15) is 49.1 Å². The van der Waals surface area contributed by atoms with Gasteiger partial charge in [0.05, 0.1) is 47.4 Å². The van der Waals surface area contributed by atoms with Crippen LogP contribution in [-0.2, 0) is 41.1 Å². The number of aliphatic carboxylic acids is 1. The normalized spacial score (nSPS) is 15.4. The summed E-state index contributed by atoms with van der Waals surface area (Å²) < 4.78 is 134. The average molecular weight is 695 g/mol. The Bertz CT molecular complexity index is 1580. The molecule has 1 amide bonds. The SMILES string of the molecule is CC[C@H]1COC(=O)N1c1ccc(C(F)(F)F)cc1CN(Cc1cc(C(F)(F)F)cc(C(F)(F)F)c1)c1ncc(OCCCC(=O)O)cn1. The summed E-state index contributed by atoms with van der Waals surface area (Å²) in [5, 5.41) is 8.77. The number of aromatic nitrogens is 2. The van der Waals surface area contributed by atoms with Crippen molar-refractivity contribution in [3.05, 3.63) is 76.6 Å². The van der Waals surface area contributed by atoms with Crippen molar-refractivity contribution < 1.29 is 63.7 Å². The topological polar surface area (TPSA) is 105 Å². The van der Waals surface area contributed by atoms with E-state index in [4.69, 9.17) is 14.6 Å². The first kappa shape index (κ1) is 36.1. The van der Waals surface area contributed by atoms with E-state index in [-0.39, 0.29) is 55.1 Å². The maximum atomic E-state index is 13.8. The zero-order valence-corrected chi connectivity index (χ0v) is 24.9. The van der Waals surface area contributed by atoms with Gasteiger partial charge in [0.2, 0.25) is 5.95 Å². The molecule has 1 aliphatic rings. The molecule has 1 atom stereocenters. The highest BCUT2D eigenvalue weighted by molar-refractivity contribution is 5.91. The Balaban J connectivity index is 1.80. The molecular formula is C30H27F9N4O5. The van der Waals surface area contributed by atoms with Crippen molar-refractivity contribution in [2.24, 2.45) is 0 Å². The molecule has 4 rings (SSSR count). The molecule has 48 heavy (non-hydrogen) atoms. The summed E-state index contributed by atoms with van der Waals surface area (Å²) in [6.07, 6.45) is -13.6. The molecule has 1 aliphatic heterocycles. The molecule has 0 aliphatic carbocycles. The molecule has 1 N–H and O–H groups in total. The van der Waals surface area contributed by atoms with Gasteiger partial charge in [0.25, 0.3) is 0 Å². The van der Waals surface area contributed by atoms with Crippen LogP contribution in [0.2, 0.25) is 0 Å². The van der Waals surface area contributed by atoms with Crippen LogP contribution in [0.25, 0.3) is 0 Å². The van der Waals surface area contributed by atoms with Gasteiger partial charge >= 0.3 is 30.6 Å². The van der Waals surface area contributed by atoms with E-state index in [1.807, 2.05) is 0 Å². The first-order valence-corrected chi connectivity index (χ1v) is 14.2. The van der Waals surface area contributed by atoms with E-state index in [0.29, 0.717) is 24.6 Å². The number of rotatable bonds is 12. The minimum absolute atomic E-state index is 0.0271. The van der Waals surface area contributed by atoms with E-state index < -0.39 is 72.0 Å². The van der Waals surface area contributed by atoms with E-state index in [0.717, 1.165) is 34.3 Å². The highest BCUT2D eigenvalue weighted by atomic mass is 19.4. The van der Waals surface area contributed by atoms with Crippen molar-refractivity contribution in [1.29, 1.82) is 0 Å². The summed E-state index contributed by atoms with van der Waals surface area (Å²) >= 11 is 0. The third-order valence-electron chi connectivity index (χ3n) is 7.18. The summed E-state index contributed by atoms with van der Waals surface area (Å²) in [5.74, 6) is -1.35. The molecule has 0 spiro atoms. The van der Waals surface area contributed by atoms with Crippen LogP contribution in [0.4, 0.5) is 55.9 Å². The molecule has 3 aromatic rings. The second-order valence-electron chi connectivity index (χ2n) is 10.7. The standard InChI is InChI=1S/C30H27F9N4O5/c1-2-22-16-48-27(46)43(22)24-6-5-19(28(31,32)33)10-18(24)15-42(26-40-12-23(13-41-26)47-7-3-4-25(44)45)14-17-8-20(29(34,35)36)11-21(9-17)30(37,38)39/h5-6,8-13,22H,2-4,7,14-16H2,1H3,(H,44,45)/t22-/m0/s1. The van der Waals surface area contributed by atoms with Gasteiger partial charge in [-0.3, -0.25) is 9.69 Å². The van der Waals surface area contributed by atoms with Crippen molar-refractivity contribution in [2.75, 3.05) is 23.0 Å².